The van der Waals surface area contributed by atoms with Gasteiger partial charge in [-0.1, -0.05) is 6.92 Å². The van der Waals surface area contributed by atoms with Crippen LogP contribution in [0.1, 0.15) is 18.7 Å². The van der Waals surface area contributed by atoms with E-state index >= 15 is 0 Å². The van der Waals surface area contributed by atoms with Gasteiger partial charge in [-0.3, -0.25) is 4.79 Å². The lowest BCUT2D eigenvalue weighted by Crippen LogP contribution is -2.36. The number of anilines is 2. The fourth-order valence-electron chi connectivity index (χ4n) is 2.02. The standard InChI is InChI=1S/C14H21N5OS/c1-6-9-7-10-11(16-8(2)13(20)19(4)5)17-14(15-3)18-12(10)21-9/h7-8H,6H2,1-5H3,(H2,15,16,17,18). The van der Waals surface area contributed by atoms with E-state index in [4.69, 9.17) is 0 Å². The molecule has 0 fully saturated rings. The second kappa shape index (κ2) is 6.26. The second-order valence-corrected chi connectivity index (χ2v) is 6.14. The van der Waals surface area contributed by atoms with Crippen molar-refractivity contribution in [3.05, 3.63) is 10.9 Å². The average Bonchev–Trinajstić information content (AvgIpc) is 2.89. The first-order chi connectivity index (χ1) is 9.96. The molecule has 6 nitrogen and oxygen atoms in total. The van der Waals surface area contributed by atoms with Gasteiger partial charge in [0.15, 0.2) is 0 Å². The molecular weight excluding hydrogens is 286 g/mol. The quantitative estimate of drug-likeness (QED) is 0.886. The number of thiophene rings is 1. The SMILES string of the molecule is CCc1cc2c(NC(C)C(=O)N(C)C)nc(NC)nc2s1. The van der Waals surface area contributed by atoms with Crippen molar-refractivity contribution in [2.75, 3.05) is 31.8 Å². The fourth-order valence-corrected chi connectivity index (χ4v) is 2.99. The van der Waals surface area contributed by atoms with Crippen LogP contribution in [-0.2, 0) is 11.2 Å². The van der Waals surface area contributed by atoms with Gasteiger partial charge in [-0.15, -0.1) is 11.3 Å². The first kappa shape index (κ1) is 15.5. The number of carbonyl (C=O) groups is 1. The number of aryl methyl sites for hydroxylation is 1. The molecule has 0 radical (unpaired) electrons. The lowest BCUT2D eigenvalue weighted by atomic mass is 10.2. The van der Waals surface area contributed by atoms with Crippen molar-refractivity contribution < 1.29 is 4.79 Å². The molecule has 114 valence electrons. The van der Waals surface area contributed by atoms with E-state index in [9.17, 15) is 4.79 Å². The Morgan fingerprint density at radius 2 is 2.14 bits per heavy atom. The number of carbonyl (C=O) groups excluding carboxylic acids is 1. The number of amides is 1. The Balaban J connectivity index is 2.41. The summed E-state index contributed by atoms with van der Waals surface area (Å²) in [6.45, 7) is 3.95. The van der Waals surface area contributed by atoms with E-state index in [1.807, 2.05) is 6.92 Å². The molecule has 2 aromatic heterocycles. The summed E-state index contributed by atoms with van der Waals surface area (Å²) < 4.78 is 0. The number of likely N-dealkylation sites (N-methyl/N-ethyl adjacent to an activating group) is 1. The Labute approximate surface area is 128 Å². The molecule has 0 bridgehead atoms. The van der Waals surface area contributed by atoms with E-state index in [1.165, 1.54) is 4.88 Å². The van der Waals surface area contributed by atoms with Crippen LogP contribution in [0.5, 0.6) is 0 Å². The molecule has 2 heterocycles. The summed E-state index contributed by atoms with van der Waals surface area (Å²) in [5, 5.41) is 7.13. The average molecular weight is 307 g/mol. The molecule has 2 rings (SSSR count). The molecule has 0 spiro atoms. The van der Waals surface area contributed by atoms with Gasteiger partial charge in [-0.05, 0) is 19.4 Å². The van der Waals surface area contributed by atoms with Gasteiger partial charge >= 0.3 is 0 Å². The van der Waals surface area contributed by atoms with Crippen LogP contribution in [0.25, 0.3) is 10.2 Å². The van der Waals surface area contributed by atoms with E-state index in [1.54, 1.807) is 37.4 Å². The molecule has 0 saturated carbocycles. The van der Waals surface area contributed by atoms with Crippen molar-refractivity contribution in [3.8, 4) is 0 Å². The minimum absolute atomic E-state index is 0.0127. The third-order valence-electron chi connectivity index (χ3n) is 3.18. The van der Waals surface area contributed by atoms with E-state index in [-0.39, 0.29) is 11.9 Å². The zero-order chi connectivity index (χ0) is 15.6. The van der Waals surface area contributed by atoms with Gasteiger partial charge in [0.2, 0.25) is 11.9 Å². The summed E-state index contributed by atoms with van der Waals surface area (Å²) in [5.41, 5.74) is 0. The molecule has 0 saturated heterocycles. The van der Waals surface area contributed by atoms with E-state index in [0.29, 0.717) is 11.8 Å². The molecule has 0 aliphatic rings. The van der Waals surface area contributed by atoms with Crippen LogP contribution in [0.4, 0.5) is 11.8 Å². The molecule has 2 aromatic rings. The van der Waals surface area contributed by atoms with Crippen LogP contribution in [0.15, 0.2) is 6.07 Å². The number of nitrogens with zero attached hydrogens (tertiary/aromatic N) is 3. The first-order valence-corrected chi connectivity index (χ1v) is 7.73. The number of nitrogens with one attached hydrogen (secondary N) is 2. The summed E-state index contributed by atoms with van der Waals surface area (Å²) in [7, 11) is 5.28. The maximum absolute atomic E-state index is 12.0. The van der Waals surface area contributed by atoms with Crippen LogP contribution in [0, 0.1) is 0 Å². The van der Waals surface area contributed by atoms with Gasteiger partial charge in [0.05, 0.1) is 5.39 Å². The van der Waals surface area contributed by atoms with Crippen LogP contribution in [0.2, 0.25) is 0 Å². The van der Waals surface area contributed by atoms with Gasteiger partial charge in [-0.25, -0.2) is 4.98 Å². The van der Waals surface area contributed by atoms with Crippen molar-refractivity contribution in [2.24, 2.45) is 0 Å². The number of hydrogen-bond donors (Lipinski definition) is 2. The number of rotatable bonds is 5. The third-order valence-corrected chi connectivity index (χ3v) is 4.35. The lowest BCUT2D eigenvalue weighted by Gasteiger charge is -2.19. The zero-order valence-corrected chi connectivity index (χ0v) is 13.8. The van der Waals surface area contributed by atoms with E-state index in [2.05, 4.69) is 33.6 Å². The van der Waals surface area contributed by atoms with Crippen molar-refractivity contribution in [1.29, 1.82) is 0 Å². The monoisotopic (exact) mass is 307 g/mol. The molecule has 2 N–H and O–H groups in total. The zero-order valence-electron chi connectivity index (χ0n) is 13.0. The molecule has 0 aromatic carbocycles. The highest BCUT2D eigenvalue weighted by Gasteiger charge is 2.18. The minimum atomic E-state index is -0.340. The van der Waals surface area contributed by atoms with Crippen LogP contribution >= 0.6 is 11.3 Å². The molecule has 1 unspecified atom stereocenters. The lowest BCUT2D eigenvalue weighted by molar-refractivity contribution is -0.129. The van der Waals surface area contributed by atoms with Crippen molar-refractivity contribution in [2.45, 2.75) is 26.3 Å². The van der Waals surface area contributed by atoms with Gasteiger partial charge in [0.25, 0.3) is 0 Å². The van der Waals surface area contributed by atoms with Gasteiger partial charge in [0, 0.05) is 26.0 Å². The maximum atomic E-state index is 12.0. The molecule has 7 heteroatoms. The highest BCUT2D eigenvalue weighted by Crippen LogP contribution is 2.30. The van der Waals surface area contributed by atoms with E-state index in [0.717, 1.165) is 16.6 Å². The van der Waals surface area contributed by atoms with Gasteiger partial charge in [0.1, 0.15) is 16.7 Å². The molecule has 0 aliphatic carbocycles. The summed E-state index contributed by atoms with van der Waals surface area (Å²) >= 11 is 1.66. The van der Waals surface area contributed by atoms with Gasteiger partial charge < -0.3 is 15.5 Å². The van der Waals surface area contributed by atoms with Crippen LogP contribution < -0.4 is 10.6 Å². The predicted octanol–water partition coefficient (Wildman–Crippen LogP) is 2.18. The molecule has 21 heavy (non-hydrogen) atoms. The normalized spacial score (nSPS) is 12.2. The Morgan fingerprint density at radius 3 is 2.71 bits per heavy atom. The summed E-state index contributed by atoms with van der Waals surface area (Å²) in [4.78, 5) is 24.7. The largest absolute Gasteiger partial charge is 0.358 e. The Kier molecular flexibility index (Phi) is 4.62. The Hall–Kier alpha value is -1.89. The topological polar surface area (TPSA) is 70.2 Å². The second-order valence-electron chi connectivity index (χ2n) is 5.03. The highest BCUT2D eigenvalue weighted by atomic mass is 32.1. The van der Waals surface area contributed by atoms with Crippen molar-refractivity contribution >= 4 is 39.2 Å². The number of aromatic nitrogens is 2. The Morgan fingerprint density at radius 1 is 1.43 bits per heavy atom. The smallest absolute Gasteiger partial charge is 0.244 e. The van der Waals surface area contributed by atoms with Crippen LogP contribution in [0.3, 0.4) is 0 Å². The molecular formula is C14H21N5OS. The first-order valence-electron chi connectivity index (χ1n) is 6.92. The summed E-state index contributed by atoms with van der Waals surface area (Å²) in [6.07, 6.45) is 0.960. The molecule has 1 amide bonds. The van der Waals surface area contributed by atoms with Crippen LogP contribution in [-0.4, -0.2) is 48.0 Å². The molecule has 1 atom stereocenters. The highest BCUT2D eigenvalue weighted by molar-refractivity contribution is 7.18. The Bertz CT molecular complexity index is 652. The molecule has 0 aliphatic heterocycles. The number of hydrogen-bond acceptors (Lipinski definition) is 6. The maximum Gasteiger partial charge on any atom is 0.244 e. The summed E-state index contributed by atoms with van der Waals surface area (Å²) in [6, 6.07) is 1.75. The fraction of sp³-hybridized carbons (Fsp3) is 0.500. The van der Waals surface area contributed by atoms with Crippen molar-refractivity contribution in [3.63, 3.8) is 0 Å². The predicted molar refractivity (Wildman–Crippen MR) is 88.1 cm³/mol. The van der Waals surface area contributed by atoms with E-state index < -0.39 is 0 Å². The van der Waals surface area contributed by atoms with Crippen molar-refractivity contribution in [1.82, 2.24) is 14.9 Å². The van der Waals surface area contributed by atoms with Gasteiger partial charge in [-0.2, -0.15) is 4.98 Å². The number of fused-ring (bicyclic) bond motifs is 1. The third kappa shape index (κ3) is 3.24. The summed E-state index contributed by atoms with van der Waals surface area (Å²) in [5.74, 6) is 1.26. The minimum Gasteiger partial charge on any atom is -0.358 e.